The molecule has 0 aliphatic carbocycles. The minimum atomic E-state index is 0.525. The third-order valence-corrected chi connectivity index (χ3v) is 2.86. The largest absolute Gasteiger partial charge is 0.310 e. The number of aromatic nitrogens is 2. The molecule has 1 heterocycles. The first-order chi connectivity index (χ1) is 8.63. The zero-order chi connectivity index (χ0) is 13.0. The number of nitrogens with one attached hydrogen (secondary N) is 1. The van der Waals surface area contributed by atoms with E-state index in [1.807, 2.05) is 23.9 Å². The zero-order valence-corrected chi connectivity index (χ0v) is 11.4. The van der Waals surface area contributed by atoms with Gasteiger partial charge in [0.25, 0.3) is 0 Å². The van der Waals surface area contributed by atoms with Crippen LogP contribution in [0.5, 0.6) is 0 Å². The fourth-order valence-electron chi connectivity index (χ4n) is 1.82. The zero-order valence-electron chi connectivity index (χ0n) is 11.4. The number of aryl methyl sites for hydroxylation is 1. The fraction of sp³-hybridized carbons (Fsp3) is 0.400. The molecule has 0 saturated carbocycles. The van der Waals surface area contributed by atoms with E-state index >= 15 is 0 Å². The highest BCUT2D eigenvalue weighted by Crippen LogP contribution is 2.07. The van der Waals surface area contributed by atoms with E-state index in [2.05, 4.69) is 48.5 Å². The fourth-order valence-corrected chi connectivity index (χ4v) is 1.82. The van der Waals surface area contributed by atoms with Gasteiger partial charge in [0.1, 0.15) is 0 Å². The van der Waals surface area contributed by atoms with Gasteiger partial charge in [-0.2, -0.15) is 5.10 Å². The van der Waals surface area contributed by atoms with Gasteiger partial charge in [0.2, 0.25) is 0 Å². The van der Waals surface area contributed by atoms with Gasteiger partial charge in [0.05, 0.1) is 12.2 Å². The van der Waals surface area contributed by atoms with Crippen molar-refractivity contribution in [3.63, 3.8) is 0 Å². The van der Waals surface area contributed by atoms with Gasteiger partial charge in [-0.1, -0.05) is 38.1 Å². The number of hydrogen-bond acceptors (Lipinski definition) is 2. The third kappa shape index (κ3) is 3.70. The van der Waals surface area contributed by atoms with Gasteiger partial charge >= 0.3 is 0 Å². The van der Waals surface area contributed by atoms with Crippen molar-refractivity contribution >= 4 is 0 Å². The summed E-state index contributed by atoms with van der Waals surface area (Å²) in [5.41, 5.74) is 3.67. The molecule has 0 aliphatic heterocycles. The second-order valence-electron chi connectivity index (χ2n) is 5.01. The van der Waals surface area contributed by atoms with Crippen molar-refractivity contribution in [2.24, 2.45) is 0 Å². The van der Waals surface area contributed by atoms with Gasteiger partial charge in [0.15, 0.2) is 0 Å². The monoisotopic (exact) mass is 243 g/mol. The summed E-state index contributed by atoms with van der Waals surface area (Å²) >= 11 is 0. The molecule has 1 N–H and O–H groups in total. The van der Waals surface area contributed by atoms with E-state index in [4.69, 9.17) is 0 Å². The first kappa shape index (κ1) is 12.8. The molecular formula is C15H21N3. The van der Waals surface area contributed by atoms with Crippen LogP contribution in [0.4, 0.5) is 0 Å². The Balaban J connectivity index is 1.95. The van der Waals surface area contributed by atoms with Crippen molar-refractivity contribution < 1.29 is 0 Å². The Kier molecular flexibility index (Phi) is 4.15. The van der Waals surface area contributed by atoms with E-state index in [0.717, 1.165) is 18.8 Å². The molecule has 0 unspecified atom stereocenters. The highest BCUT2D eigenvalue weighted by molar-refractivity contribution is 5.22. The maximum atomic E-state index is 4.39. The predicted octanol–water partition coefficient (Wildman–Crippen LogP) is 2.74. The Bertz CT molecular complexity index is 483. The second-order valence-corrected chi connectivity index (χ2v) is 5.01. The molecule has 3 nitrogen and oxygen atoms in total. The maximum Gasteiger partial charge on any atom is 0.0659 e. The molecule has 0 radical (unpaired) electrons. The van der Waals surface area contributed by atoms with Crippen molar-refractivity contribution in [3.8, 4) is 0 Å². The summed E-state index contributed by atoms with van der Waals surface area (Å²) in [6.07, 6.45) is 2.02. The van der Waals surface area contributed by atoms with Crippen LogP contribution in [0.2, 0.25) is 0 Å². The van der Waals surface area contributed by atoms with E-state index in [9.17, 15) is 0 Å². The van der Waals surface area contributed by atoms with Crippen molar-refractivity contribution in [1.29, 1.82) is 0 Å². The molecule has 0 amide bonds. The number of nitrogens with zero attached hydrogens (tertiary/aromatic N) is 2. The van der Waals surface area contributed by atoms with E-state index in [0.29, 0.717) is 6.04 Å². The molecule has 0 saturated heterocycles. The van der Waals surface area contributed by atoms with Crippen LogP contribution in [0.3, 0.4) is 0 Å². The lowest BCUT2D eigenvalue weighted by molar-refractivity contribution is 0.588. The van der Waals surface area contributed by atoms with Crippen LogP contribution < -0.4 is 5.32 Å². The summed E-state index contributed by atoms with van der Waals surface area (Å²) in [6, 6.07) is 11.3. The van der Waals surface area contributed by atoms with Crippen LogP contribution in [0.15, 0.2) is 36.5 Å². The highest BCUT2D eigenvalue weighted by Gasteiger charge is 1.99. The standard InChI is InChI=1S/C15H21N3/c1-12(2)16-10-14-4-6-15(7-5-14)11-18-9-8-13(3)17-18/h4-9,12,16H,10-11H2,1-3H3. The lowest BCUT2D eigenvalue weighted by Gasteiger charge is -2.08. The number of rotatable bonds is 5. The molecule has 0 aliphatic rings. The Labute approximate surface area is 109 Å². The molecule has 0 spiro atoms. The molecule has 2 aromatic rings. The molecule has 1 aromatic heterocycles. The molecule has 18 heavy (non-hydrogen) atoms. The summed E-state index contributed by atoms with van der Waals surface area (Å²) in [6.45, 7) is 8.10. The summed E-state index contributed by atoms with van der Waals surface area (Å²) < 4.78 is 1.97. The van der Waals surface area contributed by atoms with Crippen LogP contribution in [0.1, 0.15) is 30.7 Å². The Hall–Kier alpha value is -1.61. The molecule has 96 valence electrons. The average molecular weight is 243 g/mol. The van der Waals surface area contributed by atoms with Crippen molar-refractivity contribution in [3.05, 3.63) is 53.3 Å². The Morgan fingerprint density at radius 1 is 1.11 bits per heavy atom. The summed E-state index contributed by atoms with van der Waals surface area (Å²) in [4.78, 5) is 0. The van der Waals surface area contributed by atoms with E-state index in [1.54, 1.807) is 0 Å². The van der Waals surface area contributed by atoms with Crippen LogP contribution in [-0.4, -0.2) is 15.8 Å². The Morgan fingerprint density at radius 3 is 2.33 bits per heavy atom. The van der Waals surface area contributed by atoms with Crippen molar-refractivity contribution in [1.82, 2.24) is 15.1 Å². The Morgan fingerprint density at radius 2 is 1.78 bits per heavy atom. The summed E-state index contributed by atoms with van der Waals surface area (Å²) in [5, 5.41) is 7.81. The number of benzene rings is 1. The second kappa shape index (κ2) is 5.83. The first-order valence-electron chi connectivity index (χ1n) is 6.45. The van der Waals surface area contributed by atoms with Gasteiger partial charge in [-0.3, -0.25) is 4.68 Å². The first-order valence-corrected chi connectivity index (χ1v) is 6.45. The average Bonchev–Trinajstić information content (AvgIpc) is 2.74. The van der Waals surface area contributed by atoms with E-state index in [-0.39, 0.29) is 0 Å². The normalized spacial score (nSPS) is 11.1. The van der Waals surface area contributed by atoms with Crippen molar-refractivity contribution in [2.45, 2.75) is 39.9 Å². The molecular weight excluding hydrogens is 222 g/mol. The number of hydrogen-bond donors (Lipinski definition) is 1. The molecule has 0 fully saturated rings. The topological polar surface area (TPSA) is 29.9 Å². The minimum absolute atomic E-state index is 0.525. The quantitative estimate of drug-likeness (QED) is 0.875. The van der Waals surface area contributed by atoms with Gasteiger partial charge in [-0.15, -0.1) is 0 Å². The van der Waals surface area contributed by atoms with Gasteiger partial charge in [-0.05, 0) is 24.1 Å². The van der Waals surface area contributed by atoms with Crippen molar-refractivity contribution in [2.75, 3.05) is 0 Å². The molecule has 0 atom stereocenters. The SMILES string of the molecule is Cc1ccn(Cc2ccc(CNC(C)C)cc2)n1. The predicted molar refractivity (Wildman–Crippen MR) is 74.5 cm³/mol. The van der Waals surface area contributed by atoms with Crippen LogP contribution in [-0.2, 0) is 13.1 Å². The summed E-state index contributed by atoms with van der Waals surface area (Å²) in [7, 11) is 0. The molecule has 0 bridgehead atoms. The lowest BCUT2D eigenvalue weighted by Crippen LogP contribution is -2.21. The highest BCUT2D eigenvalue weighted by atomic mass is 15.3. The molecule has 1 aromatic carbocycles. The minimum Gasteiger partial charge on any atom is -0.310 e. The smallest absolute Gasteiger partial charge is 0.0659 e. The third-order valence-electron chi connectivity index (χ3n) is 2.86. The lowest BCUT2D eigenvalue weighted by atomic mass is 10.1. The van der Waals surface area contributed by atoms with E-state index < -0.39 is 0 Å². The van der Waals surface area contributed by atoms with Crippen LogP contribution in [0, 0.1) is 6.92 Å². The van der Waals surface area contributed by atoms with Crippen LogP contribution >= 0.6 is 0 Å². The maximum absolute atomic E-state index is 4.39. The van der Waals surface area contributed by atoms with Gasteiger partial charge in [-0.25, -0.2) is 0 Å². The van der Waals surface area contributed by atoms with Gasteiger partial charge < -0.3 is 5.32 Å². The summed E-state index contributed by atoms with van der Waals surface area (Å²) in [5.74, 6) is 0. The molecule has 3 heteroatoms. The molecule has 2 rings (SSSR count). The van der Waals surface area contributed by atoms with E-state index in [1.165, 1.54) is 11.1 Å². The van der Waals surface area contributed by atoms with Crippen LogP contribution in [0.25, 0.3) is 0 Å². The van der Waals surface area contributed by atoms with Gasteiger partial charge in [0, 0.05) is 18.8 Å².